The predicted octanol–water partition coefficient (Wildman–Crippen LogP) is 2.03. The Bertz CT molecular complexity index is 286. The molecule has 1 fully saturated rings. The van der Waals surface area contributed by atoms with Gasteiger partial charge in [-0.1, -0.05) is 18.5 Å². The molecule has 106 valence electrons. The van der Waals surface area contributed by atoms with Gasteiger partial charge in [0.15, 0.2) is 5.84 Å². The van der Waals surface area contributed by atoms with Crippen LogP contribution in [0.5, 0.6) is 0 Å². The predicted molar refractivity (Wildman–Crippen MR) is 62.4 cm³/mol. The molecule has 4 nitrogen and oxygen atoms in total. The highest BCUT2D eigenvalue weighted by molar-refractivity contribution is 5.83. The van der Waals surface area contributed by atoms with Crippen LogP contribution in [0.3, 0.4) is 0 Å². The van der Waals surface area contributed by atoms with Crippen LogP contribution < -0.4 is 5.73 Å². The Morgan fingerprint density at radius 2 is 2.00 bits per heavy atom. The molecule has 0 bridgehead atoms. The zero-order chi connectivity index (χ0) is 13.8. The maximum absolute atomic E-state index is 12.8. The molecule has 1 heterocycles. The van der Waals surface area contributed by atoms with Gasteiger partial charge < -0.3 is 15.8 Å². The number of hydrogen-bond donors (Lipinski definition) is 2. The first-order valence-corrected chi connectivity index (χ1v) is 6.15. The number of piperidine rings is 1. The third-order valence-electron chi connectivity index (χ3n) is 3.59. The van der Waals surface area contributed by atoms with Crippen molar-refractivity contribution in [1.29, 1.82) is 0 Å². The number of likely N-dealkylation sites (tertiary alicyclic amines) is 1. The van der Waals surface area contributed by atoms with E-state index in [9.17, 15) is 13.2 Å². The van der Waals surface area contributed by atoms with E-state index >= 15 is 0 Å². The van der Waals surface area contributed by atoms with Gasteiger partial charge in [-0.2, -0.15) is 13.2 Å². The van der Waals surface area contributed by atoms with Gasteiger partial charge in [-0.15, -0.1) is 0 Å². The van der Waals surface area contributed by atoms with Crippen LogP contribution >= 0.6 is 0 Å². The molecule has 7 heteroatoms. The minimum absolute atomic E-state index is 0.226. The van der Waals surface area contributed by atoms with E-state index in [2.05, 4.69) is 12.1 Å². The first kappa shape index (κ1) is 15.1. The van der Waals surface area contributed by atoms with Crippen molar-refractivity contribution in [1.82, 2.24) is 4.90 Å². The molecular weight excluding hydrogens is 247 g/mol. The SMILES string of the molecule is CCC1CCN(CC(C(N)=NO)C(F)(F)F)CC1. The summed E-state index contributed by atoms with van der Waals surface area (Å²) in [5.74, 6) is -2.05. The summed E-state index contributed by atoms with van der Waals surface area (Å²) in [6.45, 7) is 3.15. The van der Waals surface area contributed by atoms with Crippen LogP contribution in [-0.4, -0.2) is 41.8 Å². The van der Waals surface area contributed by atoms with Gasteiger partial charge in [0.25, 0.3) is 0 Å². The number of hydrogen-bond acceptors (Lipinski definition) is 3. The van der Waals surface area contributed by atoms with Crippen molar-refractivity contribution in [3.63, 3.8) is 0 Å². The molecule has 1 rings (SSSR count). The average molecular weight is 267 g/mol. The second-order valence-electron chi connectivity index (χ2n) is 4.77. The van der Waals surface area contributed by atoms with E-state index in [4.69, 9.17) is 10.9 Å². The molecule has 0 aromatic heterocycles. The summed E-state index contributed by atoms with van der Waals surface area (Å²) in [4.78, 5) is 1.74. The van der Waals surface area contributed by atoms with Crippen LogP contribution in [0.15, 0.2) is 5.16 Å². The molecule has 0 spiro atoms. The maximum atomic E-state index is 12.8. The molecule has 0 amide bonds. The lowest BCUT2D eigenvalue weighted by Crippen LogP contribution is -2.46. The van der Waals surface area contributed by atoms with Gasteiger partial charge in [-0.05, 0) is 31.8 Å². The quantitative estimate of drug-likeness (QED) is 0.354. The van der Waals surface area contributed by atoms with Crippen LogP contribution in [-0.2, 0) is 0 Å². The summed E-state index contributed by atoms with van der Waals surface area (Å²) in [5.41, 5.74) is 5.13. The summed E-state index contributed by atoms with van der Waals surface area (Å²) in [6.07, 6.45) is -1.58. The maximum Gasteiger partial charge on any atom is 0.400 e. The zero-order valence-corrected chi connectivity index (χ0v) is 10.5. The second-order valence-corrected chi connectivity index (χ2v) is 4.77. The van der Waals surface area contributed by atoms with E-state index in [1.54, 1.807) is 4.90 Å². The number of alkyl halides is 3. The first-order valence-electron chi connectivity index (χ1n) is 6.15. The third kappa shape index (κ3) is 4.04. The Balaban J connectivity index is 2.58. The Hall–Kier alpha value is -0.980. The van der Waals surface area contributed by atoms with Crippen molar-refractivity contribution in [2.24, 2.45) is 22.7 Å². The molecule has 0 saturated carbocycles. The van der Waals surface area contributed by atoms with Gasteiger partial charge in [0, 0.05) is 6.54 Å². The lowest BCUT2D eigenvalue weighted by Gasteiger charge is -2.34. The lowest BCUT2D eigenvalue weighted by atomic mass is 9.93. The topological polar surface area (TPSA) is 61.8 Å². The second kappa shape index (κ2) is 6.26. The highest BCUT2D eigenvalue weighted by Crippen LogP contribution is 2.29. The number of halogens is 3. The summed E-state index contributed by atoms with van der Waals surface area (Å²) >= 11 is 0. The lowest BCUT2D eigenvalue weighted by molar-refractivity contribution is -0.161. The van der Waals surface area contributed by atoms with Gasteiger partial charge in [0.05, 0.1) is 0 Å². The molecule has 0 aromatic carbocycles. The zero-order valence-electron chi connectivity index (χ0n) is 10.5. The van der Waals surface area contributed by atoms with E-state index < -0.39 is 17.9 Å². The Kier molecular flexibility index (Phi) is 5.25. The summed E-state index contributed by atoms with van der Waals surface area (Å²) in [7, 11) is 0. The molecule has 0 aliphatic carbocycles. The molecule has 1 aliphatic rings. The van der Waals surface area contributed by atoms with Gasteiger partial charge >= 0.3 is 6.18 Å². The van der Waals surface area contributed by atoms with Crippen LogP contribution in [0, 0.1) is 11.8 Å². The van der Waals surface area contributed by atoms with Crippen molar-refractivity contribution in [2.45, 2.75) is 32.4 Å². The highest BCUT2D eigenvalue weighted by Gasteiger charge is 2.43. The third-order valence-corrected chi connectivity index (χ3v) is 3.59. The van der Waals surface area contributed by atoms with Crippen molar-refractivity contribution in [3.8, 4) is 0 Å². The Morgan fingerprint density at radius 1 is 1.44 bits per heavy atom. The van der Waals surface area contributed by atoms with E-state index in [-0.39, 0.29) is 6.54 Å². The molecule has 0 radical (unpaired) electrons. The van der Waals surface area contributed by atoms with Gasteiger partial charge in [0.2, 0.25) is 0 Å². The smallest absolute Gasteiger partial charge is 0.400 e. The largest absolute Gasteiger partial charge is 0.409 e. The molecule has 1 aliphatic heterocycles. The number of amidine groups is 1. The molecule has 3 N–H and O–H groups in total. The Morgan fingerprint density at radius 3 is 2.39 bits per heavy atom. The van der Waals surface area contributed by atoms with Gasteiger partial charge in [0.1, 0.15) is 5.92 Å². The fraction of sp³-hybridized carbons (Fsp3) is 0.909. The summed E-state index contributed by atoms with van der Waals surface area (Å²) in [6, 6.07) is 0. The average Bonchev–Trinajstić information content (AvgIpc) is 2.34. The van der Waals surface area contributed by atoms with Gasteiger partial charge in [-0.3, -0.25) is 0 Å². The molecule has 1 atom stereocenters. The van der Waals surface area contributed by atoms with Crippen LogP contribution in [0.4, 0.5) is 13.2 Å². The normalized spacial score (nSPS) is 22.1. The van der Waals surface area contributed by atoms with Crippen molar-refractivity contribution < 1.29 is 18.4 Å². The van der Waals surface area contributed by atoms with Crippen molar-refractivity contribution >= 4 is 5.84 Å². The standard InChI is InChI=1S/C11H20F3N3O/c1-2-8-3-5-17(6-4-8)7-9(10(15)16-18)11(12,13)14/h8-9,18H,2-7H2,1H3,(H2,15,16). The number of nitrogens with zero attached hydrogens (tertiary/aromatic N) is 2. The highest BCUT2D eigenvalue weighted by atomic mass is 19.4. The first-order chi connectivity index (χ1) is 8.38. The van der Waals surface area contributed by atoms with E-state index in [1.807, 2.05) is 0 Å². The molecule has 18 heavy (non-hydrogen) atoms. The minimum Gasteiger partial charge on any atom is -0.409 e. The molecule has 1 saturated heterocycles. The fourth-order valence-electron chi connectivity index (χ4n) is 2.27. The van der Waals surface area contributed by atoms with Crippen LogP contribution in [0.2, 0.25) is 0 Å². The fourth-order valence-corrected chi connectivity index (χ4v) is 2.27. The van der Waals surface area contributed by atoms with Crippen LogP contribution in [0.1, 0.15) is 26.2 Å². The Labute approximate surface area is 105 Å². The number of nitrogens with two attached hydrogens (primary N) is 1. The summed E-state index contributed by atoms with van der Waals surface area (Å²) < 4.78 is 38.3. The minimum atomic E-state index is -4.47. The number of rotatable bonds is 4. The number of oxime groups is 1. The van der Waals surface area contributed by atoms with Crippen molar-refractivity contribution in [2.75, 3.05) is 19.6 Å². The molecular formula is C11H20F3N3O. The monoisotopic (exact) mass is 267 g/mol. The molecule has 1 unspecified atom stereocenters. The van der Waals surface area contributed by atoms with E-state index in [1.165, 1.54) is 0 Å². The molecule has 0 aromatic rings. The van der Waals surface area contributed by atoms with E-state index in [0.717, 1.165) is 19.3 Å². The van der Waals surface area contributed by atoms with E-state index in [0.29, 0.717) is 19.0 Å². The summed E-state index contributed by atoms with van der Waals surface area (Å²) in [5, 5.41) is 10.9. The van der Waals surface area contributed by atoms with Gasteiger partial charge in [-0.25, -0.2) is 0 Å². The van der Waals surface area contributed by atoms with Crippen molar-refractivity contribution in [3.05, 3.63) is 0 Å². The van der Waals surface area contributed by atoms with Crippen LogP contribution in [0.25, 0.3) is 0 Å².